The fourth-order valence-corrected chi connectivity index (χ4v) is 4.38. The molecule has 0 unspecified atom stereocenters. The maximum atomic E-state index is 15.2. The first-order chi connectivity index (χ1) is 20.3. The fraction of sp³-hybridized carbons (Fsp3) is 0.207. The van der Waals surface area contributed by atoms with Gasteiger partial charge in [-0.25, -0.2) is 13.8 Å². The van der Waals surface area contributed by atoms with Crippen molar-refractivity contribution in [2.75, 3.05) is 17.2 Å². The van der Waals surface area contributed by atoms with Gasteiger partial charge < -0.3 is 20.5 Å². The van der Waals surface area contributed by atoms with Crippen LogP contribution in [0, 0.1) is 11.6 Å². The molecule has 11 nitrogen and oxygen atoms in total. The molecule has 0 saturated heterocycles. The summed E-state index contributed by atoms with van der Waals surface area (Å²) in [5.74, 6) is -1.33. The zero-order valence-electron chi connectivity index (χ0n) is 22.3. The summed E-state index contributed by atoms with van der Waals surface area (Å²) in [7, 11) is 0. The minimum Gasteiger partial charge on any atom is -0.453 e. The second-order valence-corrected chi connectivity index (χ2v) is 9.98. The fourth-order valence-electron chi connectivity index (χ4n) is 4.38. The van der Waals surface area contributed by atoms with E-state index in [1.165, 1.54) is 48.7 Å². The number of benzene rings is 2. The molecule has 3 heterocycles. The van der Waals surface area contributed by atoms with Crippen molar-refractivity contribution in [2.45, 2.75) is 31.7 Å². The number of aliphatic hydroxyl groups is 1. The molecule has 1 aliphatic carbocycles. The Balaban J connectivity index is 1.26. The maximum Gasteiger partial charge on any atom is 0.284 e. The molecular weight excluding hydrogens is 548 g/mol. The van der Waals surface area contributed by atoms with Gasteiger partial charge in [-0.15, -0.1) is 0 Å². The Bertz CT molecular complexity index is 1850. The number of anilines is 2. The average Bonchev–Trinajstić information content (AvgIpc) is 3.76. The van der Waals surface area contributed by atoms with Crippen LogP contribution >= 0.6 is 0 Å². The summed E-state index contributed by atoms with van der Waals surface area (Å²) < 4.78 is 35.6. The lowest BCUT2D eigenvalue weighted by molar-refractivity contribution is 0.102. The molecule has 1 amide bonds. The lowest BCUT2D eigenvalue weighted by Crippen LogP contribution is -2.31. The lowest BCUT2D eigenvalue weighted by atomic mass is 10.2. The molecule has 1 saturated carbocycles. The van der Waals surface area contributed by atoms with Crippen molar-refractivity contribution in [1.29, 1.82) is 0 Å². The molecule has 0 bridgehead atoms. The minimum atomic E-state index is -0.767. The number of fused-ring (bicyclic) bond motifs is 1. The summed E-state index contributed by atoms with van der Waals surface area (Å²) in [6.45, 7) is 1.63. The standard InChI is InChI=1S/C29H25F2N7O4/c1-15(14-39)33-27-25-24(10-11-32-26(25)35-36-27)42-23-9-6-18(12-21(23)31)34-28(40)20-13-22(16-2-3-16)37-38(29(20)41)19-7-4-17(30)5-8-19/h4-13,15-16,39H,2-3,14H2,1H3,(H,34,40)(H2,32,33,35,36)/t15-/m1/s1. The molecule has 1 atom stereocenters. The molecule has 214 valence electrons. The third-order valence-electron chi connectivity index (χ3n) is 6.73. The van der Waals surface area contributed by atoms with Crippen LogP contribution in [0.2, 0.25) is 0 Å². The number of amides is 1. The smallest absolute Gasteiger partial charge is 0.284 e. The SMILES string of the molecule is C[C@H](CO)Nc1n[nH]c2nccc(Oc3ccc(NC(=O)c4cc(C5CC5)nn(-c5ccc(F)cc5)c4=O)cc3F)c12. The van der Waals surface area contributed by atoms with E-state index in [0.29, 0.717) is 28.2 Å². The first-order valence-corrected chi connectivity index (χ1v) is 13.2. The van der Waals surface area contributed by atoms with Gasteiger partial charge in [-0.2, -0.15) is 14.9 Å². The molecule has 42 heavy (non-hydrogen) atoms. The highest BCUT2D eigenvalue weighted by Gasteiger charge is 2.28. The molecule has 0 aliphatic heterocycles. The molecule has 13 heteroatoms. The van der Waals surface area contributed by atoms with Gasteiger partial charge in [0.25, 0.3) is 11.5 Å². The van der Waals surface area contributed by atoms with E-state index in [9.17, 15) is 19.1 Å². The van der Waals surface area contributed by atoms with Crippen LogP contribution in [0.25, 0.3) is 16.7 Å². The number of rotatable bonds is 9. The van der Waals surface area contributed by atoms with Crippen molar-refractivity contribution in [2.24, 2.45) is 0 Å². The number of nitrogens with zero attached hydrogens (tertiary/aromatic N) is 4. The Morgan fingerprint density at radius 3 is 2.64 bits per heavy atom. The van der Waals surface area contributed by atoms with Crippen molar-refractivity contribution in [1.82, 2.24) is 25.0 Å². The number of carbonyl (C=O) groups is 1. The number of carbonyl (C=O) groups excluding carboxylic acids is 1. The van der Waals surface area contributed by atoms with E-state index in [0.717, 1.165) is 23.6 Å². The van der Waals surface area contributed by atoms with E-state index < -0.39 is 23.1 Å². The zero-order valence-corrected chi connectivity index (χ0v) is 22.3. The zero-order chi connectivity index (χ0) is 29.4. The first-order valence-electron chi connectivity index (χ1n) is 13.2. The highest BCUT2D eigenvalue weighted by atomic mass is 19.1. The minimum absolute atomic E-state index is 0.102. The van der Waals surface area contributed by atoms with Crippen LogP contribution in [-0.2, 0) is 0 Å². The van der Waals surface area contributed by atoms with Gasteiger partial charge in [-0.3, -0.25) is 14.7 Å². The number of aromatic nitrogens is 5. The number of H-pyrrole nitrogens is 1. The van der Waals surface area contributed by atoms with Crippen LogP contribution in [0.5, 0.6) is 11.5 Å². The monoisotopic (exact) mass is 573 g/mol. The van der Waals surface area contributed by atoms with Gasteiger partial charge in [-0.1, -0.05) is 0 Å². The van der Waals surface area contributed by atoms with Gasteiger partial charge in [-0.05, 0) is 62.2 Å². The predicted molar refractivity (Wildman–Crippen MR) is 150 cm³/mol. The number of hydrogen-bond acceptors (Lipinski definition) is 8. The van der Waals surface area contributed by atoms with Crippen LogP contribution < -0.4 is 20.9 Å². The molecule has 0 spiro atoms. The van der Waals surface area contributed by atoms with Gasteiger partial charge in [0.1, 0.15) is 22.5 Å². The quantitative estimate of drug-likeness (QED) is 0.202. The Labute approximate surface area is 237 Å². The summed E-state index contributed by atoms with van der Waals surface area (Å²) in [6.07, 6.45) is 3.23. The number of aliphatic hydroxyl groups excluding tert-OH is 1. The van der Waals surface area contributed by atoms with Crippen LogP contribution in [-0.4, -0.2) is 48.6 Å². The number of ether oxygens (including phenoxy) is 1. The van der Waals surface area contributed by atoms with E-state index in [1.807, 2.05) is 0 Å². The Kier molecular flexibility index (Phi) is 7.08. The van der Waals surface area contributed by atoms with Gasteiger partial charge in [0.05, 0.1) is 18.0 Å². The normalized spacial score (nSPS) is 13.6. The van der Waals surface area contributed by atoms with Crippen molar-refractivity contribution in [3.63, 3.8) is 0 Å². The molecule has 4 N–H and O–H groups in total. The highest BCUT2D eigenvalue weighted by molar-refractivity contribution is 6.04. The van der Waals surface area contributed by atoms with E-state index >= 15 is 4.39 Å². The summed E-state index contributed by atoms with van der Waals surface area (Å²) in [5.41, 5.74) is 0.531. The average molecular weight is 574 g/mol. The van der Waals surface area contributed by atoms with Crippen molar-refractivity contribution in [3.05, 3.63) is 94.0 Å². The summed E-state index contributed by atoms with van der Waals surface area (Å²) in [6, 6.07) is 11.8. The van der Waals surface area contributed by atoms with Gasteiger partial charge in [0.15, 0.2) is 23.0 Å². The largest absolute Gasteiger partial charge is 0.453 e. The van der Waals surface area contributed by atoms with Gasteiger partial charge in [0, 0.05) is 36.0 Å². The molecule has 0 radical (unpaired) electrons. The number of nitrogens with one attached hydrogen (secondary N) is 3. The Morgan fingerprint density at radius 2 is 1.93 bits per heavy atom. The summed E-state index contributed by atoms with van der Waals surface area (Å²) in [4.78, 5) is 30.6. The van der Waals surface area contributed by atoms with Crippen molar-refractivity contribution >= 4 is 28.4 Å². The predicted octanol–water partition coefficient (Wildman–Crippen LogP) is 4.50. The second-order valence-electron chi connectivity index (χ2n) is 9.98. The van der Waals surface area contributed by atoms with Crippen LogP contribution in [0.3, 0.4) is 0 Å². The number of aromatic amines is 1. The van der Waals surface area contributed by atoms with Gasteiger partial charge in [0.2, 0.25) is 0 Å². The molecule has 1 fully saturated rings. The Hall–Kier alpha value is -5.17. The molecule has 3 aromatic heterocycles. The van der Waals surface area contributed by atoms with Crippen LogP contribution in [0.1, 0.15) is 41.7 Å². The van der Waals surface area contributed by atoms with E-state index in [4.69, 9.17) is 4.74 Å². The van der Waals surface area contributed by atoms with Crippen molar-refractivity contribution in [3.8, 4) is 17.2 Å². The summed E-state index contributed by atoms with van der Waals surface area (Å²) >= 11 is 0. The third kappa shape index (κ3) is 5.41. The topological polar surface area (TPSA) is 147 Å². The van der Waals surface area contributed by atoms with Crippen LogP contribution in [0.4, 0.5) is 20.3 Å². The molecule has 6 rings (SSSR count). The number of halogens is 2. The second kappa shape index (κ2) is 11.0. The molecule has 1 aliphatic rings. The lowest BCUT2D eigenvalue weighted by Gasteiger charge is -2.13. The number of hydrogen-bond donors (Lipinski definition) is 4. The highest BCUT2D eigenvalue weighted by Crippen LogP contribution is 2.39. The van der Waals surface area contributed by atoms with E-state index in [1.54, 1.807) is 13.0 Å². The first kappa shape index (κ1) is 27.0. The maximum absolute atomic E-state index is 15.2. The third-order valence-corrected chi connectivity index (χ3v) is 6.73. The van der Waals surface area contributed by atoms with E-state index in [2.05, 4.69) is 30.9 Å². The van der Waals surface area contributed by atoms with E-state index in [-0.39, 0.29) is 41.3 Å². The van der Waals surface area contributed by atoms with Crippen LogP contribution in [0.15, 0.2) is 65.6 Å². The molecular formula is C29H25F2N7O4. The molecule has 5 aromatic rings. The summed E-state index contributed by atoms with van der Waals surface area (Å²) in [5, 5.41) is 26.8. The number of pyridine rings is 1. The van der Waals surface area contributed by atoms with Crippen molar-refractivity contribution < 1.29 is 23.4 Å². The Morgan fingerprint density at radius 1 is 1.14 bits per heavy atom. The van der Waals surface area contributed by atoms with Gasteiger partial charge >= 0.3 is 0 Å². The molecule has 2 aromatic carbocycles.